The van der Waals surface area contributed by atoms with Gasteiger partial charge in [-0.15, -0.1) is 0 Å². The van der Waals surface area contributed by atoms with Gasteiger partial charge in [0.15, 0.2) is 5.16 Å². The zero-order valence-electron chi connectivity index (χ0n) is 14.6. The average molecular weight is 384 g/mol. The summed E-state index contributed by atoms with van der Waals surface area (Å²) in [7, 11) is 0. The lowest BCUT2D eigenvalue weighted by Gasteiger charge is -2.07. The minimum Gasteiger partial charge on any atom is -0.384 e. The Bertz CT molecular complexity index is 1160. The molecule has 132 valence electrons. The van der Waals surface area contributed by atoms with E-state index >= 15 is 0 Å². The van der Waals surface area contributed by atoms with E-state index in [1.807, 2.05) is 32.9 Å². The molecule has 1 aliphatic heterocycles. The van der Waals surface area contributed by atoms with Crippen molar-refractivity contribution in [3.63, 3.8) is 0 Å². The molecule has 0 bridgehead atoms. The maximum absolute atomic E-state index is 12.6. The quantitative estimate of drug-likeness (QED) is 0.695. The van der Waals surface area contributed by atoms with Crippen molar-refractivity contribution in [2.45, 2.75) is 25.9 Å². The molecule has 3 heterocycles. The van der Waals surface area contributed by atoms with Crippen molar-refractivity contribution in [1.29, 1.82) is 0 Å². The Balaban J connectivity index is 1.95. The van der Waals surface area contributed by atoms with Crippen LogP contribution >= 0.6 is 23.3 Å². The standard InChI is InChI=1S/C18H17N5OS2/c1-4-25-18-22-26-17-21-16(24)13(15(19)23(17)18)8-11-10(3)20-14-6-5-9(2)7-12(11)14/h5-8H,4,19H2,1-3H3/b11-8+. The summed E-state index contributed by atoms with van der Waals surface area (Å²) in [6.07, 6.45) is 1.80. The number of fused-ring (bicyclic) bond motifs is 2. The molecule has 6 nitrogen and oxygen atoms in total. The van der Waals surface area contributed by atoms with E-state index in [1.54, 1.807) is 22.2 Å². The first kappa shape index (κ1) is 17.0. The largest absolute Gasteiger partial charge is 0.384 e. The molecule has 3 aromatic rings. The SMILES string of the molecule is CCSc1nsc2nc(=O)c(/C=C3\C(C)=Nc4ccc(C)cc43)c(N)n12. The van der Waals surface area contributed by atoms with Crippen LogP contribution in [0.25, 0.3) is 16.6 Å². The number of allylic oxidation sites excluding steroid dienone is 1. The van der Waals surface area contributed by atoms with Crippen molar-refractivity contribution in [2.24, 2.45) is 4.99 Å². The monoisotopic (exact) mass is 383 g/mol. The number of nitrogen functional groups attached to an aromatic ring is 1. The molecule has 4 rings (SSSR count). The lowest BCUT2D eigenvalue weighted by molar-refractivity contribution is 0.951. The number of nitrogens with two attached hydrogens (primary N) is 1. The molecule has 0 saturated heterocycles. The maximum Gasteiger partial charge on any atom is 0.283 e. The van der Waals surface area contributed by atoms with E-state index in [4.69, 9.17) is 5.73 Å². The zero-order chi connectivity index (χ0) is 18.4. The number of anilines is 1. The van der Waals surface area contributed by atoms with Gasteiger partial charge < -0.3 is 5.73 Å². The first-order chi connectivity index (χ1) is 12.5. The molecule has 2 N–H and O–H groups in total. The molecule has 0 amide bonds. The van der Waals surface area contributed by atoms with Gasteiger partial charge in [-0.25, -0.2) is 4.40 Å². The third-order valence-electron chi connectivity index (χ3n) is 4.21. The summed E-state index contributed by atoms with van der Waals surface area (Å²) in [5.41, 5.74) is 11.2. The van der Waals surface area contributed by atoms with Gasteiger partial charge in [-0.2, -0.15) is 9.36 Å². The number of thioether (sulfide) groups is 1. The average Bonchev–Trinajstić information content (AvgIpc) is 3.13. The lowest BCUT2D eigenvalue weighted by Crippen LogP contribution is -2.16. The molecule has 0 fully saturated rings. The van der Waals surface area contributed by atoms with E-state index in [0.717, 1.165) is 39.0 Å². The van der Waals surface area contributed by atoms with E-state index in [2.05, 4.69) is 20.4 Å². The van der Waals surface area contributed by atoms with Gasteiger partial charge in [0.05, 0.1) is 11.3 Å². The second kappa shape index (κ2) is 6.37. The van der Waals surface area contributed by atoms with E-state index < -0.39 is 0 Å². The molecule has 1 aliphatic rings. The van der Waals surface area contributed by atoms with Gasteiger partial charge in [0, 0.05) is 28.4 Å². The topological polar surface area (TPSA) is 85.6 Å². The third kappa shape index (κ3) is 2.65. The van der Waals surface area contributed by atoms with Crippen molar-refractivity contribution < 1.29 is 0 Å². The molecule has 2 aromatic heterocycles. The van der Waals surface area contributed by atoms with E-state index in [1.165, 1.54) is 11.5 Å². The Morgan fingerprint density at radius 2 is 2.15 bits per heavy atom. The second-order valence-electron chi connectivity index (χ2n) is 6.01. The second-order valence-corrected chi connectivity index (χ2v) is 7.97. The predicted octanol–water partition coefficient (Wildman–Crippen LogP) is 3.80. The highest BCUT2D eigenvalue weighted by molar-refractivity contribution is 7.99. The van der Waals surface area contributed by atoms with Crippen LogP contribution in [-0.4, -0.2) is 25.2 Å². The third-order valence-corrected chi connectivity index (χ3v) is 5.85. The summed E-state index contributed by atoms with van der Waals surface area (Å²) < 4.78 is 6.12. The smallest absolute Gasteiger partial charge is 0.283 e. The van der Waals surface area contributed by atoms with Crippen LogP contribution in [0.4, 0.5) is 11.5 Å². The first-order valence-electron chi connectivity index (χ1n) is 8.18. The number of nitrogens with zero attached hydrogens (tertiary/aromatic N) is 4. The van der Waals surface area contributed by atoms with Crippen LogP contribution in [0.1, 0.15) is 30.5 Å². The van der Waals surface area contributed by atoms with E-state index in [9.17, 15) is 4.79 Å². The highest BCUT2D eigenvalue weighted by atomic mass is 32.2. The van der Waals surface area contributed by atoms with Crippen LogP contribution in [0.2, 0.25) is 0 Å². The molecule has 8 heteroatoms. The van der Waals surface area contributed by atoms with E-state index in [0.29, 0.717) is 16.3 Å². The fourth-order valence-electron chi connectivity index (χ4n) is 2.98. The maximum atomic E-state index is 12.6. The summed E-state index contributed by atoms with van der Waals surface area (Å²) in [4.78, 5) is 21.8. The Labute approximate surface area is 158 Å². The van der Waals surface area contributed by atoms with Gasteiger partial charge >= 0.3 is 0 Å². The Morgan fingerprint density at radius 1 is 1.35 bits per heavy atom. The van der Waals surface area contributed by atoms with Crippen molar-refractivity contribution >= 4 is 57.1 Å². The molecular formula is C18H17N5OS2. The molecule has 0 saturated carbocycles. The van der Waals surface area contributed by atoms with Crippen molar-refractivity contribution in [1.82, 2.24) is 13.8 Å². The number of aromatic nitrogens is 3. The summed E-state index contributed by atoms with van der Waals surface area (Å²) in [6.45, 7) is 6.02. The summed E-state index contributed by atoms with van der Waals surface area (Å²) in [5.74, 6) is 1.23. The Morgan fingerprint density at radius 3 is 2.92 bits per heavy atom. The molecule has 0 unspecified atom stereocenters. The van der Waals surface area contributed by atoms with Crippen LogP contribution < -0.4 is 11.3 Å². The molecular weight excluding hydrogens is 366 g/mol. The summed E-state index contributed by atoms with van der Waals surface area (Å²) in [6, 6.07) is 6.09. The number of hydrogen-bond donors (Lipinski definition) is 1. The van der Waals surface area contributed by atoms with E-state index in [-0.39, 0.29) is 5.56 Å². The first-order valence-corrected chi connectivity index (χ1v) is 9.94. The number of benzene rings is 1. The molecule has 0 aliphatic carbocycles. The molecule has 26 heavy (non-hydrogen) atoms. The van der Waals surface area contributed by atoms with Crippen molar-refractivity contribution in [3.8, 4) is 0 Å². The summed E-state index contributed by atoms with van der Waals surface area (Å²) in [5, 5.41) is 0.755. The van der Waals surface area contributed by atoms with Gasteiger partial charge in [0.25, 0.3) is 5.56 Å². The number of rotatable bonds is 3. The normalized spacial score (nSPS) is 14.9. The van der Waals surface area contributed by atoms with Crippen LogP contribution in [0.5, 0.6) is 0 Å². The minimum absolute atomic E-state index is 0.347. The minimum atomic E-state index is -0.347. The van der Waals surface area contributed by atoms with Crippen LogP contribution in [0.3, 0.4) is 0 Å². The Kier molecular flexibility index (Phi) is 4.16. The Hall–Kier alpha value is -2.45. The zero-order valence-corrected chi connectivity index (χ0v) is 16.2. The van der Waals surface area contributed by atoms with Crippen LogP contribution in [0.15, 0.2) is 33.1 Å². The highest BCUT2D eigenvalue weighted by Gasteiger charge is 2.21. The van der Waals surface area contributed by atoms with Gasteiger partial charge in [-0.05, 0) is 37.8 Å². The van der Waals surface area contributed by atoms with Crippen LogP contribution in [0, 0.1) is 6.92 Å². The number of aryl methyl sites for hydroxylation is 1. The molecule has 0 atom stereocenters. The predicted molar refractivity (Wildman–Crippen MR) is 110 cm³/mol. The lowest BCUT2D eigenvalue weighted by atomic mass is 9.99. The molecule has 1 aromatic carbocycles. The number of aliphatic imine (C=N–C) groups is 1. The van der Waals surface area contributed by atoms with Crippen molar-refractivity contribution in [3.05, 3.63) is 45.2 Å². The van der Waals surface area contributed by atoms with Crippen molar-refractivity contribution in [2.75, 3.05) is 11.5 Å². The molecule has 0 radical (unpaired) electrons. The van der Waals surface area contributed by atoms with Crippen LogP contribution in [-0.2, 0) is 0 Å². The van der Waals surface area contributed by atoms with Gasteiger partial charge in [0.1, 0.15) is 5.82 Å². The van der Waals surface area contributed by atoms with Gasteiger partial charge in [-0.1, -0.05) is 30.3 Å². The highest BCUT2D eigenvalue weighted by Crippen LogP contribution is 2.37. The number of hydrogen-bond acceptors (Lipinski definition) is 7. The fourth-order valence-corrected chi connectivity index (χ4v) is 4.56. The van der Waals surface area contributed by atoms with Gasteiger partial charge in [0.2, 0.25) is 4.96 Å². The van der Waals surface area contributed by atoms with Gasteiger partial charge in [-0.3, -0.25) is 9.79 Å². The fraction of sp³-hybridized carbons (Fsp3) is 0.222. The molecule has 0 spiro atoms. The summed E-state index contributed by atoms with van der Waals surface area (Å²) >= 11 is 2.75.